The van der Waals surface area contributed by atoms with Gasteiger partial charge in [0.1, 0.15) is 0 Å². The number of rotatable bonds is 5. The van der Waals surface area contributed by atoms with E-state index in [4.69, 9.17) is 4.74 Å². The van der Waals surface area contributed by atoms with E-state index in [1.165, 1.54) is 24.2 Å². The Bertz CT molecular complexity index is 280. The van der Waals surface area contributed by atoms with Gasteiger partial charge in [0.25, 0.3) is 0 Å². The minimum absolute atomic E-state index is 0.509. The Morgan fingerprint density at radius 3 is 2.67 bits per heavy atom. The van der Waals surface area contributed by atoms with Gasteiger partial charge in [-0.3, -0.25) is 0 Å². The monoisotopic (exact) mass is 222 g/mol. The summed E-state index contributed by atoms with van der Waals surface area (Å²) >= 11 is 2.06. The molecule has 0 aromatic heterocycles. The fourth-order valence-corrected chi connectivity index (χ4v) is 2.99. The van der Waals surface area contributed by atoms with Crippen molar-refractivity contribution in [2.45, 2.75) is 37.7 Å². The molecule has 0 heterocycles. The van der Waals surface area contributed by atoms with Crippen molar-refractivity contribution in [1.29, 1.82) is 0 Å². The van der Waals surface area contributed by atoms with E-state index in [0.29, 0.717) is 6.10 Å². The molecule has 1 aliphatic carbocycles. The minimum atomic E-state index is 0.509. The molecule has 1 aromatic rings. The van der Waals surface area contributed by atoms with Gasteiger partial charge in [0.2, 0.25) is 0 Å². The zero-order valence-corrected chi connectivity index (χ0v) is 10.0. The molecule has 0 aliphatic heterocycles. The van der Waals surface area contributed by atoms with Crippen LogP contribution >= 0.6 is 11.8 Å². The third-order valence-electron chi connectivity index (χ3n) is 2.78. The summed E-state index contributed by atoms with van der Waals surface area (Å²) < 4.78 is 5.83. The topological polar surface area (TPSA) is 9.23 Å². The highest BCUT2D eigenvalue weighted by Gasteiger charge is 2.29. The zero-order chi connectivity index (χ0) is 10.5. The molecule has 1 fully saturated rings. The van der Waals surface area contributed by atoms with Crippen LogP contribution in [0, 0.1) is 0 Å². The zero-order valence-electron chi connectivity index (χ0n) is 9.19. The molecule has 0 bridgehead atoms. The van der Waals surface area contributed by atoms with Crippen LogP contribution in [-0.2, 0) is 11.3 Å². The third-order valence-corrected chi connectivity index (χ3v) is 3.97. The lowest BCUT2D eigenvalue weighted by Crippen LogP contribution is -2.33. The first-order valence-corrected chi connectivity index (χ1v) is 6.70. The summed E-state index contributed by atoms with van der Waals surface area (Å²) in [5, 5.41) is 0.857. The highest BCUT2D eigenvalue weighted by molar-refractivity contribution is 7.99. The molecule has 0 N–H and O–H groups in total. The van der Waals surface area contributed by atoms with Crippen LogP contribution in [0.4, 0.5) is 0 Å². The molecule has 0 radical (unpaired) electrons. The van der Waals surface area contributed by atoms with Crippen molar-refractivity contribution in [2.24, 2.45) is 0 Å². The van der Waals surface area contributed by atoms with Crippen LogP contribution in [0.3, 0.4) is 0 Å². The molecule has 0 saturated heterocycles. The van der Waals surface area contributed by atoms with Crippen molar-refractivity contribution in [3.8, 4) is 0 Å². The molecule has 0 atom stereocenters. The molecule has 1 aromatic carbocycles. The van der Waals surface area contributed by atoms with E-state index >= 15 is 0 Å². The van der Waals surface area contributed by atoms with Crippen LogP contribution in [0.25, 0.3) is 0 Å². The highest BCUT2D eigenvalue weighted by atomic mass is 32.2. The van der Waals surface area contributed by atoms with Crippen molar-refractivity contribution < 1.29 is 4.74 Å². The van der Waals surface area contributed by atoms with Crippen LogP contribution in [0.5, 0.6) is 0 Å². The van der Waals surface area contributed by atoms with Crippen molar-refractivity contribution in [3.63, 3.8) is 0 Å². The van der Waals surface area contributed by atoms with Gasteiger partial charge in [-0.15, -0.1) is 0 Å². The maximum atomic E-state index is 5.83. The van der Waals surface area contributed by atoms with Gasteiger partial charge in [0, 0.05) is 5.25 Å². The van der Waals surface area contributed by atoms with Crippen LogP contribution in [0.1, 0.15) is 25.3 Å². The molecule has 2 heteroatoms. The van der Waals surface area contributed by atoms with Gasteiger partial charge in [-0.1, -0.05) is 37.3 Å². The highest BCUT2D eigenvalue weighted by Crippen LogP contribution is 2.34. The summed E-state index contributed by atoms with van der Waals surface area (Å²) in [5.41, 5.74) is 1.28. The van der Waals surface area contributed by atoms with Crippen LogP contribution in [0.2, 0.25) is 0 Å². The molecule has 1 saturated carbocycles. The van der Waals surface area contributed by atoms with E-state index < -0.39 is 0 Å². The molecule has 1 nitrogen and oxygen atoms in total. The first-order chi connectivity index (χ1) is 7.38. The summed E-state index contributed by atoms with van der Waals surface area (Å²) in [6.45, 7) is 3.00. The summed E-state index contributed by atoms with van der Waals surface area (Å²) in [6.07, 6.45) is 2.99. The summed E-state index contributed by atoms with van der Waals surface area (Å²) in [5.74, 6) is 1.23. The van der Waals surface area contributed by atoms with E-state index in [1.807, 2.05) is 6.07 Å². The van der Waals surface area contributed by atoms with Crippen molar-refractivity contribution in [3.05, 3.63) is 35.9 Å². The van der Waals surface area contributed by atoms with Gasteiger partial charge in [0.15, 0.2) is 0 Å². The molecule has 0 spiro atoms. The fourth-order valence-electron chi connectivity index (χ4n) is 1.81. The smallest absolute Gasteiger partial charge is 0.0720 e. The predicted octanol–water partition coefficient (Wildman–Crippen LogP) is 3.49. The van der Waals surface area contributed by atoms with E-state index in [1.54, 1.807) is 0 Å². The second kappa shape index (κ2) is 5.57. The average molecular weight is 222 g/mol. The van der Waals surface area contributed by atoms with Gasteiger partial charge >= 0.3 is 0 Å². The number of benzene rings is 1. The van der Waals surface area contributed by atoms with E-state index in [0.717, 1.165) is 11.9 Å². The maximum Gasteiger partial charge on any atom is 0.0720 e. The van der Waals surface area contributed by atoms with E-state index in [9.17, 15) is 0 Å². The van der Waals surface area contributed by atoms with Crippen molar-refractivity contribution in [2.75, 3.05) is 5.75 Å². The van der Waals surface area contributed by atoms with Gasteiger partial charge in [-0.05, 0) is 24.2 Å². The maximum absolute atomic E-state index is 5.83. The average Bonchev–Trinajstić information content (AvgIpc) is 2.23. The molecule has 0 unspecified atom stereocenters. The summed E-state index contributed by atoms with van der Waals surface area (Å²) in [7, 11) is 0. The van der Waals surface area contributed by atoms with Crippen molar-refractivity contribution >= 4 is 11.8 Å². The molecule has 2 rings (SSSR count). The molecule has 15 heavy (non-hydrogen) atoms. The fraction of sp³-hybridized carbons (Fsp3) is 0.538. The van der Waals surface area contributed by atoms with Crippen molar-refractivity contribution in [1.82, 2.24) is 0 Å². The van der Waals surface area contributed by atoms with E-state index in [-0.39, 0.29) is 0 Å². The second-order valence-electron chi connectivity index (χ2n) is 3.97. The SMILES string of the molecule is CCSC1CC(OCc2ccccc2)C1. The molecule has 1 aliphatic rings. The van der Waals surface area contributed by atoms with Gasteiger partial charge in [-0.2, -0.15) is 11.8 Å². The lowest BCUT2D eigenvalue weighted by molar-refractivity contribution is -0.00498. The standard InChI is InChI=1S/C13H18OS/c1-2-15-13-8-12(9-13)14-10-11-6-4-3-5-7-11/h3-7,12-13H,2,8-10H2,1H3. The van der Waals surface area contributed by atoms with Crippen LogP contribution < -0.4 is 0 Å². The lowest BCUT2D eigenvalue weighted by atomic mass is 9.95. The Balaban J connectivity index is 1.64. The minimum Gasteiger partial charge on any atom is -0.373 e. The number of hydrogen-bond donors (Lipinski definition) is 0. The molecular weight excluding hydrogens is 204 g/mol. The first kappa shape index (κ1) is 11.0. The Morgan fingerprint density at radius 2 is 2.00 bits per heavy atom. The molecular formula is C13H18OS. The summed E-state index contributed by atoms with van der Waals surface area (Å²) in [4.78, 5) is 0. The Labute approximate surface area is 96.2 Å². The molecule has 82 valence electrons. The Kier molecular flexibility index (Phi) is 4.09. The number of ether oxygens (including phenoxy) is 1. The largest absolute Gasteiger partial charge is 0.373 e. The Morgan fingerprint density at radius 1 is 1.27 bits per heavy atom. The van der Waals surface area contributed by atoms with Gasteiger partial charge in [0.05, 0.1) is 12.7 Å². The second-order valence-corrected chi connectivity index (χ2v) is 5.54. The first-order valence-electron chi connectivity index (χ1n) is 5.65. The quantitative estimate of drug-likeness (QED) is 0.754. The predicted molar refractivity (Wildman–Crippen MR) is 66.2 cm³/mol. The van der Waals surface area contributed by atoms with E-state index in [2.05, 4.69) is 43.0 Å². The normalized spacial score (nSPS) is 24.9. The van der Waals surface area contributed by atoms with Crippen LogP contribution in [0.15, 0.2) is 30.3 Å². The number of hydrogen-bond acceptors (Lipinski definition) is 2. The number of thioether (sulfide) groups is 1. The third kappa shape index (κ3) is 3.25. The van der Waals surface area contributed by atoms with Gasteiger partial charge < -0.3 is 4.74 Å². The lowest BCUT2D eigenvalue weighted by Gasteiger charge is -2.34. The van der Waals surface area contributed by atoms with Crippen LogP contribution in [-0.4, -0.2) is 17.1 Å². The Hall–Kier alpha value is -0.470. The molecule has 0 amide bonds. The summed E-state index contributed by atoms with van der Waals surface area (Å²) in [6, 6.07) is 10.4. The van der Waals surface area contributed by atoms with Gasteiger partial charge in [-0.25, -0.2) is 0 Å².